The molecule has 0 atom stereocenters. The van der Waals surface area contributed by atoms with Gasteiger partial charge in [0.1, 0.15) is 12.4 Å². The predicted octanol–water partition coefficient (Wildman–Crippen LogP) is 2.40. The molecule has 1 aromatic carbocycles. The van der Waals surface area contributed by atoms with Crippen LogP contribution in [0.3, 0.4) is 0 Å². The fraction of sp³-hybridized carbons (Fsp3) is 0.0909. The van der Waals surface area contributed by atoms with Gasteiger partial charge in [0, 0.05) is 6.07 Å². The van der Waals surface area contributed by atoms with Crippen molar-refractivity contribution in [1.82, 2.24) is 0 Å². The maximum atomic E-state index is 13.4. The van der Waals surface area contributed by atoms with Crippen LogP contribution < -0.4 is 5.32 Å². The lowest BCUT2D eigenvalue weighted by atomic mass is 10.1. The Bertz CT molecular complexity index is 502. The van der Waals surface area contributed by atoms with Gasteiger partial charge in [-0.05, 0) is 6.07 Å². The number of halogens is 2. The summed E-state index contributed by atoms with van der Waals surface area (Å²) in [5, 5.41) is 10.7. The van der Waals surface area contributed by atoms with Crippen molar-refractivity contribution in [3.8, 4) is 0 Å². The fourth-order valence-corrected chi connectivity index (χ4v) is 1.14. The zero-order chi connectivity index (χ0) is 13.7. The molecule has 18 heavy (non-hydrogen) atoms. The summed E-state index contributed by atoms with van der Waals surface area (Å²) in [6.45, 7) is 3.16. The molecule has 0 aliphatic carbocycles. The van der Waals surface area contributed by atoms with Crippen molar-refractivity contribution in [1.29, 1.82) is 0 Å². The number of carbonyl (C=O) groups is 2. The molecule has 0 fully saturated rings. The quantitative estimate of drug-likeness (QED) is 0.812. The minimum Gasteiger partial charge on any atom is -0.478 e. The predicted molar refractivity (Wildman–Crippen MR) is 58.5 cm³/mol. The second kappa shape index (κ2) is 5.76. The van der Waals surface area contributed by atoms with Crippen LogP contribution in [0.5, 0.6) is 0 Å². The Morgan fingerprint density at radius 3 is 2.67 bits per heavy atom. The number of carboxylic acid groups (broad SMARTS) is 1. The van der Waals surface area contributed by atoms with Gasteiger partial charge in [0.25, 0.3) is 0 Å². The third-order valence-corrected chi connectivity index (χ3v) is 1.84. The summed E-state index contributed by atoms with van der Waals surface area (Å²) < 4.78 is 30.7. The first-order valence-corrected chi connectivity index (χ1v) is 4.72. The molecule has 0 aromatic heterocycles. The van der Waals surface area contributed by atoms with E-state index in [2.05, 4.69) is 11.3 Å². The molecule has 0 heterocycles. The van der Waals surface area contributed by atoms with E-state index in [1.807, 2.05) is 5.32 Å². The van der Waals surface area contributed by atoms with Crippen molar-refractivity contribution in [2.45, 2.75) is 0 Å². The first kappa shape index (κ1) is 13.6. The Balaban J connectivity index is 3.03. The average molecular weight is 257 g/mol. The largest absolute Gasteiger partial charge is 0.478 e. The van der Waals surface area contributed by atoms with Crippen LogP contribution in [-0.2, 0) is 4.74 Å². The first-order chi connectivity index (χ1) is 8.45. The van der Waals surface area contributed by atoms with Crippen LogP contribution in [0, 0.1) is 11.6 Å². The lowest BCUT2D eigenvalue weighted by Gasteiger charge is -2.09. The molecule has 7 heteroatoms. The number of nitrogens with one attached hydrogen (secondary N) is 1. The van der Waals surface area contributed by atoms with Crippen molar-refractivity contribution in [3.63, 3.8) is 0 Å². The van der Waals surface area contributed by atoms with Crippen molar-refractivity contribution in [2.24, 2.45) is 0 Å². The number of amides is 1. The zero-order valence-corrected chi connectivity index (χ0v) is 9.07. The van der Waals surface area contributed by atoms with Gasteiger partial charge in [0.15, 0.2) is 5.82 Å². The van der Waals surface area contributed by atoms with E-state index in [1.165, 1.54) is 6.08 Å². The number of aromatic carboxylic acids is 1. The maximum absolute atomic E-state index is 13.4. The zero-order valence-electron chi connectivity index (χ0n) is 9.07. The summed E-state index contributed by atoms with van der Waals surface area (Å²) in [4.78, 5) is 21.9. The monoisotopic (exact) mass is 257 g/mol. The number of carboxylic acids is 1. The lowest BCUT2D eigenvalue weighted by molar-refractivity contribution is 0.0697. The van der Waals surface area contributed by atoms with E-state index < -0.39 is 34.9 Å². The minimum absolute atomic E-state index is 0.128. The molecule has 1 amide bonds. The van der Waals surface area contributed by atoms with E-state index in [0.29, 0.717) is 12.1 Å². The summed E-state index contributed by atoms with van der Waals surface area (Å²) >= 11 is 0. The van der Waals surface area contributed by atoms with E-state index in [-0.39, 0.29) is 6.61 Å². The molecule has 0 unspecified atom stereocenters. The lowest BCUT2D eigenvalue weighted by Crippen LogP contribution is -2.17. The molecule has 0 saturated carbocycles. The van der Waals surface area contributed by atoms with Crippen molar-refractivity contribution < 1.29 is 28.2 Å². The standard InChI is InChI=1S/C11H9F2NO4/c1-2-3-18-11(17)14-9-7(10(15)16)4-6(12)5-8(9)13/h2,4-5H,1,3H2,(H,14,17)(H,15,16). The molecule has 1 rings (SSSR count). The minimum atomic E-state index is -1.58. The van der Waals surface area contributed by atoms with Crippen molar-refractivity contribution in [2.75, 3.05) is 11.9 Å². The molecule has 1 aromatic rings. The van der Waals surface area contributed by atoms with Crippen LogP contribution in [0.25, 0.3) is 0 Å². The molecule has 0 aliphatic rings. The summed E-state index contributed by atoms with van der Waals surface area (Å²) in [5.41, 5.74) is -1.36. The van der Waals surface area contributed by atoms with Gasteiger partial charge in [-0.15, -0.1) is 0 Å². The second-order valence-electron chi connectivity index (χ2n) is 3.13. The summed E-state index contributed by atoms with van der Waals surface area (Å²) in [7, 11) is 0. The average Bonchev–Trinajstić information content (AvgIpc) is 2.29. The fourth-order valence-electron chi connectivity index (χ4n) is 1.14. The van der Waals surface area contributed by atoms with E-state index in [0.717, 1.165) is 0 Å². The molecular formula is C11H9F2NO4. The van der Waals surface area contributed by atoms with E-state index in [1.54, 1.807) is 0 Å². The van der Waals surface area contributed by atoms with Crippen LogP contribution in [0.1, 0.15) is 10.4 Å². The molecule has 96 valence electrons. The van der Waals surface area contributed by atoms with Gasteiger partial charge in [0.05, 0.1) is 11.3 Å². The van der Waals surface area contributed by atoms with E-state index in [4.69, 9.17) is 5.11 Å². The van der Waals surface area contributed by atoms with Crippen LogP contribution in [0.4, 0.5) is 19.3 Å². The Morgan fingerprint density at radius 2 is 2.11 bits per heavy atom. The summed E-state index contributed by atoms with van der Waals surface area (Å²) in [5.74, 6) is -3.84. The van der Waals surface area contributed by atoms with Gasteiger partial charge in [-0.3, -0.25) is 5.32 Å². The Labute approximate surface area is 101 Å². The molecule has 0 saturated heterocycles. The van der Waals surface area contributed by atoms with Gasteiger partial charge >= 0.3 is 12.1 Å². The molecule has 0 radical (unpaired) electrons. The van der Waals surface area contributed by atoms with Gasteiger partial charge in [-0.2, -0.15) is 0 Å². The van der Waals surface area contributed by atoms with Crippen molar-refractivity contribution >= 4 is 17.7 Å². The van der Waals surface area contributed by atoms with Crippen LogP contribution in [0.2, 0.25) is 0 Å². The number of anilines is 1. The van der Waals surface area contributed by atoms with Gasteiger partial charge in [-0.1, -0.05) is 12.7 Å². The SMILES string of the molecule is C=CCOC(=O)Nc1c(F)cc(F)cc1C(=O)O. The Hall–Kier alpha value is -2.44. The molecule has 0 bridgehead atoms. The van der Waals surface area contributed by atoms with E-state index in [9.17, 15) is 18.4 Å². The first-order valence-electron chi connectivity index (χ1n) is 4.72. The normalized spacial score (nSPS) is 9.67. The van der Waals surface area contributed by atoms with E-state index >= 15 is 0 Å². The smallest absolute Gasteiger partial charge is 0.412 e. The molecule has 0 aliphatic heterocycles. The number of rotatable bonds is 4. The van der Waals surface area contributed by atoms with Gasteiger partial charge in [0.2, 0.25) is 0 Å². The third-order valence-electron chi connectivity index (χ3n) is 1.84. The highest BCUT2D eigenvalue weighted by atomic mass is 19.1. The molecule has 5 nitrogen and oxygen atoms in total. The third kappa shape index (κ3) is 3.27. The van der Waals surface area contributed by atoms with Crippen molar-refractivity contribution in [3.05, 3.63) is 42.0 Å². The summed E-state index contributed by atoms with van der Waals surface area (Å²) in [6.07, 6.45) is 0.210. The second-order valence-corrected chi connectivity index (χ2v) is 3.13. The van der Waals surface area contributed by atoms with Gasteiger partial charge in [-0.25, -0.2) is 18.4 Å². The van der Waals surface area contributed by atoms with Crippen LogP contribution in [-0.4, -0.2) is 23.8 Å². The Morgan fingerprint density at radius 1 is 1.44 bits per heavy atom. The highest BCUT2D eigenvalue weighted by Gasteiger charge is 2.19. The topological polar surface area (TPSA) is 75.6 Å². The Kier molecular flexibility index (Phi) is 4.36. The number of ether oxygens (including phenoxy) is 1. The highest BCUT2D eigenvalue weighted by Crippen LogP contribution is 2.22. The highest BCUT2D eigenvalue weighted by molar-refractivity contribution is 5.98. The number of hydrogen-bond acceptors (Lipinski definition) is 3. The molecule has 2 N–H and O–H groups in total. The maximum Gasteiger partial charge on any atom is 0.412 e. The number of carbonyl (C=O) groups excluding carboxylic acids is 1. The number of hydrogen-bond donors (Lipinski definition) is 2. The summed E-state index contributed by atoms with van der Waals surface area (Å²) in [6, 6.07) is 1.05. The van der Waals surface area contributed by atoms with Gasteiger partial charge < -0.3 is 9.84 Å². The molecular weight excluding hydrogens is 248 g/mol. The van der Waals surface area contributed by atoms with Crippen LogP contribution >= 0.6 is 0 Å². The molecule has 0 spiro atoms. The van der Waals surface area contributed by atoms with Crippen LogP contribution in [0.15, 0.2) is 24.8 Å². The number of benzene rings is 1.